The Morgan fingerprint density at radius 1 is 1.56 bits per heavy atom. The van der Waals surface area contributed by atoms with Crippen LogP contribution in [0.15, 0.2) is 24.4 Å². The van der Waals surface area contributed by atoms with Gasteiger partial charge in [0, 0.05) is 18.3 Å². The summed E-state index contributed by atoms with van der Waals surface area (Å²) >= 11 is 5.84. The second-order valence-electron chi connectivity index (χ2n) is 3.21. The van der Waals surface area contributed by atoms with E-state index in [0.29, 0.717) is 0 Å². The average molecular weight is 272 g/mol. The molecule has 0 fully saturated rings. The van der Waals surface area contributed by atoms with Crippen LogP contribution in [-0.4, -0.2) is 21.4 Å². The summed E-state index contributed by atoms with van der Waals surface area (Å²) in [7, 11) is 0. The summed E-state index contributed by atoms with van der Waals surface area (Å²) < 4.78 is 18.7. The van der Waals surface area contributed by atoms with Gasteiger partial charge < -0.3 is 9.84 Å². The molecular formula is C10H7ClFN3O3. The lowest BCUT2D eigenvalue weighted by molar-refractivity contribution is 0.209. The summed E-state index contributed by atoms with van der Waals surface area (Å²) in [6.07, 6.45) is 0.144. The van der Waals surface area contributed by atoms with Crippen LogP contribution in [0.25, 0.3) is 0 Å². The van der Waals surface area contributed by atoms with Crippen LogP contribution in [0.1, 0.15) is 0 Å². The number of halogens is 2. The zero-order valence-electron chi connectivity index (χ0n) is 8.78. The van der Waals surface area contributed by atoms with Gasteiger partial charge in [-0.05, 0) is 6.07 Å². The molecule has 1 heterocycles. The Bertz CT molecular complexity index is 574. The molecule has 0 spiro atoms. The summed E-state index contributed by atoms with van der Waals surface area (Å²) in [5.41, 5.74) is -0.248. The minimum absolute atomic E-state index is 0.0391. The van der Waals surface area contributed by atoms with Gasteiger partial charge in [-0.25, -0.2) is 9.18 Å². The topological polar surface area (TPSA) is 87.2 Å². The second-order valence-corrected chi connectivity index (χ2v) is 3.61. The Labute approximate surface area is 105 Å². The Hall–Kier alpha value is -2.28. The van der Waals surface area contributed by atoms with E-state index < -0.39 is 11.9 Å². The summed E-state index contributed by atoms with van der Waals surface area (Å²) in [6.45, 7) is 0. The lowest BCUT2D eigenvalue weighted by atomic mass is 10.3. The van der Waals surface area contributed by atoms with E-state index in [0.717, 1.165) is 12.1 Å². The first-order valence-electron chi connectivity index (χ1n) is 4.73. The number of benzene rings is 1. The maximum atomic E-state index is 13.5. The molecule has 1 aromatic carbocycles. The molecule has 2 rings (SSSR count). The molecule has 0 bridgehead atoms. The van der Waals surface area contributed by atoms with Crippen molar-refractivity contribution < 1.29 is 19.0 Å². The van der Waals surface area contributed by atoms with Crippen molar-refractivity contribution in [3.8, 4) is 11.6 Å². The minimum atomic E-state index is -1.38. The molecule has 0 saturated carbocycles. The number of amides is 1. The monoisotopic (exact) mass is 271 g/mol. The van der Waals surface area contributed by atoms with Gasteiger partial charge in [0.15, 0.2) is 11.6 Å². The molecule has 0 aliphatic heterocycles. The molecule has 8 heteroatoms. The molecule has 0 radical (unpaired) electrons. The molecule has 2 aromatic rings. The third-order valence-corrected chi connectivity index (χ3v) is 2.25. The maximum Gasteiger partial charge on any atom is 0.409 e. The van der Waals surface area contributed by atoms with E-state index in [9.17, 15) is 9.18 Å². The SMILES string of the molecule is O=C(O)Nc1cc(Cl)c(Oc2cc[nH]n2)cc1F. The molecule has 0 atom stereocenters. The normalized spacial score (nSPS) is 10.1. The van der Waals surface area contributed by atoms with Crippen molar-refractivity contribution in [1.82, 2.24) is 10.2 Å². The molecule has 1 amide bonds. The molecular weight excluding hydrogens is 265 g/mol. The third kappa shape index (κ3) is 2.69. The van der Waals surface area contributed by atoms with Crippen LogP contribution in [-0.2, 0) is 0 Å². The summed E-state index contributed by atoms with van der Waals surface area (Å²) in [5.74, 6) is -0.542. The van der Waals surface area contributed by atoms with E-state index in [2.05, 4.69) is 10.2 Å². The molecule has 3 N–H and O–H groups in total. The van der Waals surface area contributed by atoms with E-state index >= 15 is 0 Å². The standard InChI is InChI=1S/C10H7ClFN3O3/c11-5-3-7(14-10(16)17)6(12)4-8(5)18-9-1-2-13-15-9/h1-4,14H,(H,13,15)(H,16,17). The molecule has 0 aliphatic rings. The quantitative estimate of drug-likeness (QED) is 0.800. The van der Waals surface area contributed by atoms with E-state index in [1.165, 1.54) is 12.3 Å². The fourth-order valence-electron chi connectivity index (χ4n) is 1.23. The van der Waals surface area contributed by atoms with Gasteiger partial charge in [0.25, 0.3) is 0 Å². The molecule has 0 saturated heterocycles. The Morgan fingerprint density at radius 3 is 2.94 bits per heavy atom. The van der Waals surface area contributed by atoms with Gasteiger partial charge in [-0.3, -0.25) is 10.4 Å². The first-order valence-corrected chi connectivity index (χ1v) is 5.10. The van der Waals surface area contributed by atoms with E-state index in [-0.39, 0.29) is 22.3 Å². The highest BCUT2D eigenvalue weighted by molar-refractivity contribution is 6.32. The first kappa shape index (κ1) is 12.2. The van der Waals surface area contributed by atoms with Gasteiger partial charge in [0.05, 0.1) is 10.7 Å². The first-order chi connectivity index (χ1) is 8.56. The van der Waals surface area contributed by atoms with E-state index in [1.807, 2.05) is 5.32 Å². The number of nitrogens with zero attached hydrogens (tertiary/aromatic N) is 1. The number of hydrogen-bond acceptors (Lipinski definition) is 3. The highest BCUT2D eigenvalue weighted by Crippen LogP contribution is 2.32. The molecule has 18 heavy (non-hydrogen) atoms. The number of carboxylic acid groups (broad SMARTS) is 1. The number of rotatable bonds is 3. The van der Waals surface area contributed by atoms with E-state index in [1.54, 1.807) is 0 Å². The number of nitrogens with one attached hydrogen (secondary N) is 2. The molecule has 0 unspecified atom stereocenters. The summed E-state index contributed by atoms with van der Waals surface area (Å²) in [4.78, 5) is 10.4. The van der Waals surface area contributed by atoms with Crippen LogP contribution < -0.4 is 10.1 Å². The Morgan fingerprint density at radius 2 is 2.33 bits per heavy atom. The fraction of sp³-hybridized carbons (Fsp3) is 0. The Balaban J connectivity index is 2.28. The number of aromatic nitrogens is 2. The van der Waals surface area contributed by atoms with Crippen LogP contribution >= 0.6 is 11.6 Å². The second kappa shape index (κ2) is 4.92. The molecule has 94 valence electrons. The lowest BCUT2D eigenvalue weighted by Gasteiger charge is -2.08. The third-order valence-electron chi connectivity index (χ3n) is 1.95. The van der Waals surface area contributed by atoms with Crippen molar-refractivity contribution >= 4 is 23.4 Å². The molecule has 0 aliphatic carbocycles. The van der Waals surface area contributed by atoms with Crippen molar-refractivity contribution in [2.45, 2.75) is 0 Å². The van der Waals surface area contributed by atoms with Gasteiger partial charge in [0.2, 0.25) is 5.88 Å². The van der Waals surface area contributed by atoms with Crippen LogP contribution in [0.3, 0.4) is 0 Å². The van der Waals surface area contributed by atoms with E-state index in [4.69, 9.17) is 21.4 Å². The van der Waals surface area contributed by atoms with Gasteiger partial charge in [-0.2, -0.15) is 0 Å². The van der Waals surface area contributed by atoms with Gasteiger partial charge in [0.1, 0.15) is 0 Å². The number of aromatic amines is 1. The predicted molar refractivity (Wildman–Crippen MR) is 61.7 cm³/mol. The van der Waals surface area contributed by atoms with Crippen molar-refractivity contribution in [2.75, 3.05) is 5.32 Å². The lowest BCUT2D eigenvalue weighted by Crippen LogP contribution is -2.08. The van der Waals surface area contributed by atoms with Gasteiger partial charge in [-0.15, -0.1) is 5.10 Å². The van der Waals surface area contributed by atoms with Crippen molar-refractivity contribution in [1.29, 1.82) is 0 Å². The highest BCUT2D eigenvalue weighted by atomic mass is 35.5. The molecule has 6 nitrogen and oxygen atoms in total. The summed E-state index contributed by atoms with van der Waals surface area (Å²) in [6, 6.07) is 3.62. The van der Waals surface area contributed by atoms with Crippen molar-refractivity contribution in [3.63, 3.8) is 0 Å². The number of H-pyrrole nitrogens is 1. The number of ether oxygens (including phenoxy) is 1. The van der Waals surface area contributed by atoms with Crippen LogP contribution in [0.5, 0.6) is 11.6 Å². The fourth-order valence-corrected chi connectivity index (χ4v) is 1.44. The number of anilines is 1. The largest absolute Gasteiger partial charge is 0.465 e. The zero-order valence-corrected chi connectivity index (χ0v) is 9.53. The smallest absolute Gasteiger partial charge is 0.409 e. The predicted octanol–water partition coefficient (Wildman–Crippen LogP) is 3.08. The van der Waals surface area contributed by atoms with Crippen LogP contribution in [0.2, 0.25) is 5.02 Å². The highest BCUT2D eigenvalue weighted by Gasteiger charge is 2.12. The average Bonchev–Trinajstić information content (AvgIpc) is 2.77. The molecule has 1 aromatic heterocycles. The Kier molecular flexibility index (Phi) is 3.33. The van der Waals surface area contributed by atoms with Gasteiger partial charge >= 0.3 is 6.09 Å². The number of hydrogen-bond donors (Lipinski definition) is 3. The van der Waals surface area contributed by atoms with Gasteiger partial charge in [-0.1, -0.05) is 11.6 Å². The van der Waals surface area contributed by atoms with Crippen LogP contribution in [0, 0.1) is 5.82 Å². The summed E-state index contributed by atoms with van der Waals surface area (Å²) in [5, 5.41) is 16.7. The maximum absolute atomic E-state index is 13.5. The minimum Gasteiger partial charge on any atom is -0.465 e. The van der Waals surface area contributed by atoms with Crippen LogP contribution in [0.4, 0.5) is 14.9 Å². The van der Waals surface area contributed by atoms with Crippen molar-refractivity contribution in [3.05, 3.63) is 35.2 Å². The zero-order chi connectivity index (χ0) is 13.1. The number of carbonyl (C=O) groups is 1. The van der Waals surface area contributed by atoms with Crippen molar-refractivity contribution in [2.24, 2.45) is 0 Å².